The maximum atomic E-state index is 5.81. The molecule has 0 aliphatic carbocycles. The van der Waals surface area contributed by atoms with E-state index in [-0.39, 0.29) is 4.49 Å². The van der Waals surface area contributed by atoms with E-state index < -0.39 is 0 Å². The summed E-state index contributed by atoms with van der Waals surface area (Å²) < 4.78 is 6.96. The van der Waals surface area contributed by atoms with Crippen LogP contribution in [0.4, 0.5) is 0 Å². The zero-order valence-electron chi connectivity index (χ0n) is 9.95. The van der Waals surface area contributed by atoms with Gasteiger partial charge in [0.2, 0.25) is 0 Å². The second kappa shape index (κ2) is 6.99. The van der Waals surface area contributed by atoms with Gasteiger partial charge in [0.25, 0.3) is 0 Å². The third-order valence-corrected chi connectivity index (χ3v) is 3.19. The summed E-state index contributed by atoms with van der Waals surface area (Å²) in [5.41, 5.74) is 1.95. The first-order valence-corrected chi connectivity index (χ1v) is 7.19. The Hall–Kier alpha value is -0.960. The Bertz CT molecular complexity index is 578. The van der Waals surface area contributed by atoms with Gasteiger partial charge in [-0.25, -0.2) is 0 Å². The topological polar surface area (TPSA) is 9.23 Å². The Balaban J connectivity index is 2.19. The van der Waals surface area contributed by atoms with E-state index in [2.05, 4.69) is 15.9 Å². The van der Waals surface area contributed by atoms with Crippen LogP contribution in [-0.4, -0.2) is 0 Å². The number of benzene rings is 2. The average molecular weight is 358 g/mol. The van der Waals surface area contributed by atoms with Crippen molar-refractivity contribution in [1.82, 2.24) is 0 Å². The molecule has 0 atom stereocenters. The summed E-state index contributed by atoms with van der Waals surface area (Å²) in [6.07, 6.45) is 1.66. The predicted octanol–water partition coefficient (Wildman–Crippen LogP) is 5.80. The number of hydrogen-bond acceptors (Lipinski definition) is 1. The number of halogens is 3. The van der Waals surface area contributed by atoms with Crippen LogP contribution in [0, 0.1) is 0 Å². The minimum atomic E-state index is 0.201. The first kappa shape index (κ1) is 14.4. The van der Waals surface area contributed by atoms with E-state index in [9.17, 15) is 0 Å². The Morgan fingerprint density at radius 3 is 2.53 bits per heavy atom. The van der Waals surface area contributed by atoms with Gasteiger partial charge in [0, 0.05) is 10.0 Å². The fourth-order valence-corrected chi connectivity index (χ4v) is 2.18. The summed E-state index contributed by atoms with van der Waals surface area (Å²) in [5.74, 6) is 0.733. The average Bonchev–Trinajstić information content (AvgIpc) is 2.40. The molecule has 0 radical (unpaired) electrons. The fourth-order valence-electron chi connectivity index (χ4n) is 1.61. The van der Waals surface area contributed by atoms with Crippen molar-refractivity contribution in [3.8, 4) is 5.75 Å². The Labute approximate surface area is 130 Å². The minimum Gasteiger partial charge on any atom is -0.488 e. The Morgan fingerprint density at radius 2 is 1.84 bits per heavy atom. The van der Waals surface area contributed by atoms with E-state index in [1.807, 2.05) is 48.5 Å². The van der Waals surface area contributed by atoms with Crippen molar-refractivity contribution in [2.45, 2.75) is 6.61 Å². The molecule has 0 amide bonds. The van der Waals surface area contributed by atoms with Crippen LogP contribution in [0.3, 0.4) is 0 Å². The van der Waals surface area contributed by atoms with Crippen LogP contribution in [0.25, 0.3) is 6.08 Å². The maximum absolute atomic E-state index is 5.81. The third kappa shape index (κ3) is 4.57. The monoisotopic (exact) mass is 356 g/mol. The molecular formula is C15H11BrCl2O. The molecule has 2 aromatic carbocycles. The molecule has 2 rings (SSSR count). The van der Waals surface area contributed by atoms with Crippen molar-refractivity contribution < 1.29 is 4.74 Å². The minimum absolute atomic E-state index is 0.201. The van der Waals surface area contributed by atoms with Crippen LogP contribution in [0.5, 0.6) is 5.75 Å². The Morgan fingerprint density at radius 1 is 1.11 bits per heavy atom. The van der Waals surface area contributed by atoms with E-state index >= 15 is 0 Å². The number of rotatable bonds is 4. The van der Waals surface area contributed by atoms with Crippen LogP contribution in [0.15, 0.2) is 57.5 Å². The van der Waals surface area contributed by atoms with E-state index in [1.165, 1.54) is 0 Å². The van der Waals surface area contributed by atoms with Crippen molar-refractivity contribution in [2.75, 3.05) is 0 Å². The fraction of sp³-hybridized carbons (Fsp3) is 0.0667. The lowest BCUT2D eigenvalue weighted by atomic mass is 10.2. The molecule has 2 aromatic rings. The zero-order valence-corrected chi connectivity index (χ0v) is 13.0. The van der Waals surface area contributed by atoms with Gasteiger partial charge in [0.05, 0.1) is 0 Å². The van der Waals surface area contributed by atoms with Crippen molar-refractivity contribution in [3.63, 3.8) is 0 Å². The highest BCUT2D eigenvalue weighted by atomic mass is 79.9. The maximum Gasteiger partial charge on any atom is 0.128 e. The SMILES string of the molecule is ClC(Cl)=Cc1ccc(Br)cc1OCc1ccccc1. The van der Waals surface area contributed by atoms with Gasteiger partial charge in [0.1, 0.15) is 16.8 Å². The van der Waals surface area contributed by atoms with Gasteiger partial charge in [-0.05, 0) is 23.8 Å². The van der Waals surface area contributed by atoms with Crippen LogP contribution in [-0.2, 0) is 6.61 Å². The molecule has 0 spiro atoms. The summed E-state index contributed by atoms with van der Waals surface area (Å²) in [7, 11) is 0. The van der Waals surface area contributed by atoms with Gasteiger partial charge < -0.3 is 4.74 Å². The van der Waals surface area contributed by atoms with Crippen molar-refractivity contribution in [3.05, 3.63) is 68.6 Å². The molecule has 0 bridgehead atoms. The summed E-state index contributed by atoms with van der Waals surface area (Å²) >= 11 is 14.8. The lowest BCUT2D eigenvalue weighted by molar-refractivity contribution is 0.305. The first-order valence-electron chi connectivity index (χ1n) is 5.64. The van der Waals surface area contributed by atoms with Gasteiger partial charge in [-0.15, -0.1) is 0 Å². The molecule has 0 aliphatic rings. The lowest BCUT2D eigenvalue weighted by Crippen LogP contribution is -1.96. The zero-order chi connectivity index (χ0) is 13.7. The van der Waals surface area contributed by atoms with Gasteiger partial charge >= 0.3 is 0 Å². The highest BCUT2D eigenvalue weighted by Gasteiger charge is 2.04. The molecule has 0 N–H and O–H groups in total. The lowest BCUT2D eigenvalue weighted by Gasteiger charge is -2.10. The molecule has 0 unspecified atom stereocenters. The molecule has 1 nitrogen and oxygen atoms in total. The molecule has 98 valence electrons. The van der Waals surface area contributed by atoms with E-state index in [4.69, 9.17) is 27.9 Å². The normalized spacial score (nSPS) is 10.1. The quantitative estimate of drug-likeness (QED) is 0.671. The summed E-state index contributed by atoms with van der Waals surface area (Å²) in [6, 6.07) is 15.7. The third-order valence-electron chi connectivity index (χ3n) is 2.48. The predicted molar refractivity (Wildman–Crippen MR) is 84.6 cm³/mol. The molecule has 4 heteroatoms. The van der Waals surface area contributed by atoms with Crippen LogP contribution in [0.2, 0.25) is 0 Å². The van der Waals surface area contributed by atoms with E-state index in [1.54, 1.807) is 6.08 Å². The van der Waals surface area contributed by atoms with Crippen LogP contribution in [0.1, 0.15) is 11.1 Å². The van der Waals surface area contributed by atoms with Crippen LogP contribution < -0.4 is 4.74 Å². The number of ether oxygens (including phenoxy) is 1. The van der Waals surface area contributed by atoms with Gasteiger partial charge in [-0.3, -0.25) is 0 Å². The molecule has 0 aromatic heterocycles. The van der Waals surface area contributed by atoms with Crippen molar-refractivity contribution >= 4 is 45.2 Å². The van der Waals surface area contributed by atoms with Gasteiger partial charge in [-0.2, -0.15) is 0 Å². The van der Waals surface area contributed by atoms with Gasteiger partial charge in [0.15, 0.2) is 0 Å². The molecule has 19 heavy (non-hydrogen) atoms. The summed E-state index contributed by atoms with van der Waals surface area (Å²) in [6.45, 7) is 0.498. The highest BCUT2D eigenvalue weighted by molar-refractivity contribution is 9.10. The number of hydrogen-bond donors (Lipinski definition) is 0. The molecule has 0 saturated carbocycles. The van der Waals surface area contributed by atoms with E-state index in [0.717, 1.165) is 21.3 Å². The molecule has 0 fully saturated rings. The largest absolute Gasteiger partial charge is 0.488 e. The standard InChI is InChI=1S/C15H11BrCl2O/c16-13-7-6-12(8-15(17)18)14(9-13)19-10-11-4-2-1-3-5-11/h1-9H,10H2. The van der Waals surface area contributed by atoms with Crippen molar-refractivity contribution in [2.24, 2.45) is 0 Å². The molecule has 0 saturated heterocycles. The molecule has 0 heterocycles. The second-order valence-corrected chi connectivity index (χ2v) is 5.81. The van der Waals surface area contributed by atoms with Crippen LogP contribution >= 0.6 is 39.1 Å². The van der Waals surface area contributed by atoms with Gasteiger partial charge in [-0.1, -0.05) is 75.5 Å². The Kier molecular flexibility index (Phi) is 5.32. The molecular weight excluding hydrogens is 347 g/mol. The smallest absolute Gasteiger partial charge is 0.128 e. The molecule has 0 aliphatic heterocycles. The summed E-state index contributed by atoms with van der Waals surface area (Å²) in [4.78, 5) is 0. The highest BCUT2D eigenvalue weighted by Crippen LogP contribution is 2.28. The van der Waals surface area contributed by atoms with Crippen molar-refractivity contribution in [1.29, 1.82) is 0 Å². The van der Waals surface area contributed by atoms with E-state index in [0.29, 0.717) is 6.61 Å². The second-order valence-electron chi connectivity index (χ2n) is 3.89. The first-order chi connectivity index (χ1) is 9.15. The summed E-state index contributed by atoms with van der Waals surface area (Å²) in [5, 5.41) is 0.